The van der Waals surface area contributed by atoms with Crippen molar-refractivity contribution in [3.05, 3.63) is 34.9 Å². The first-order chi connectivity index (χ1) is 10.7. The average Bonchev–Trinajstić information content (AvgIpc) is 2.50. The van der Waals surface area contributed by atoms with Crippen molar-refractivity contribution in [3.63, 3.8) is 0 Å². The molecule has 1 N–H and O–H groups in total. The van der Waals surface area contributed by atoms with Crippen LogP contribution in [-0.2, 0) is 11.8 Å². The summed E-state index contributed by atoms with van der Waals surface area (Å²) in [5.74, 6) is 0.716. The molecule has 2 rings (SSSR count). The number of carbonyl (C=O) groups is 1. The number of rotatable bonds is 8. The number of hydrogen-bond acceptors (Lipinski definition) is 2. The number of likely N-dealkylation sites (tertiary alicyclic amines) is 1. The van der Waals surface area contributed by atoms with Crippen LogP contribution in [0.5, 0.6) is 0 Å². The molecule has 0 spiro atoms. The highest BCUT2D eigenvalue weighted by atomic mass is 35.5. The van der Waals surface area contributed by atoms with Gasteiger partial charge in [0.1, 0.15) is 0 Å². The zero-order chi connectivity index (χ0) is 15.9. The molecule has 1 amide bonds. The number of alkyl halides is 2. The fourth-order valence-electron chi connectivity index (χ4n) is 2.76. The van der Waals surface area contributed by atoms with Crippen LogP contribution in [0.2, 0.25) is 0 Å². The highest BCUT2D eigenvalue weighted by molar-refractivity contribution is 6.18. The van der Waals surface area contributed by atoms with Gasteiger partial charge in [0.15, 0.2) is 0 Å². The summed E-state index contributed by atoms with van der Waals surface area (Å²) in [5, 5.41) is 3.17. The van der Waals surface area contributed by atoms with E-state index in [1.165, 1.54) is 6.42 Å². The lowest BCUT2D eigenvalue weighted by molar-refractivity contribution is 0.0902. The van der Waals surface area contributed by atoms with Crippen LogP contribution in [0.15, 0.2) is 18.2 Å². The number of nitrogens with one attached hydrogen (secondary N) is 1. The van der Waals surface area contributed by atoms with Gasteiger partial charge in [0.05, 0.1) is 0 Å². The molecule has 1 atom stereocenters. The lowest BCUT2D eigenvalue weighted by Gasteiger charge is -2.34. The molecule has 0 aromatic heterocycles. The van der Waals surface area contributed by atoms with Gasteiger partial charge in [0.25, 0.3) is 5.91 Å². The van der Waals surface area contributed by atoms with Crippen molar-refractivity contribution in [1.29, 1.82) is 0 Å². The first-order valence-corrected chi connectivity index (χ1v) is 9.01. The Morgan fingerprint density at radius 3 is 2.64 bits per heavy atom. The molecule has 1 aromatic rings. The predicted molar refractivity (Wildman–Crippen MR) is 92.8 cm³/mol. The third kappa shape index (κ3) is 4.61. The number of benzene rings is 1. The topological polar surface area (TPSA) is 32.3 Å². The van der Waals surface area contributed by atoms with Crippen molar-refractivity contribution in [2.24, 2.45) is 0 Å². The predicted octanol–water partition coefficient (Wildman–Crippen LogP) is 3.77. The zero-order valence-corrected chi connectivity index (χ0v) is 14.6. The SMILES string of the molecule is CCCC(CN1CCC1)NC(=O)c1ccc(CCl)cc1CCl. The summed E-state index contributed by atoms with van der Waals surface area (Å²) in [5.41, 5.74) is 2.49. The molecular weight excluding hydrogens is 319 g/mol. The second-order valence-electron chi connectivity index (χ2n) is 5.87. The number of nitrogens with zero attached hydrogens (tertiary/aromatic N) is 1. The van der Waals surface area contributed by atoms with Crippen molar-refractivity contribution >= 4 is 29.1 Å². The molecule has 122 valence electrons. The molecule has 0 aliphatic carbocycles. The molecule has 0 bridgehead atoms. The van der Waals surface area contributed by atoms with E-state index < -0.39 is 0 Å². The maximum absolute atomic E-state index is 12.6. The van der Waals surface area contributed by atoms with Crippen LogP contribution < -0.4 is 5.32 Å². The first kappa shape index (κ1) is 17.6. The molecule has 0 saturated carbocycles. The summed E-state index contributed by atoms with van der Waals surface area (Å²) in [4.78, 5) is 15.0. The van der Waals surface area contributed by atoms with Gasteiger partial charge < -0.3 is 10.2 Å². The van der Waals surface area contributed by atoms with E-state index in [-0.39, 0.29) is 11.9 Å². The summed E-state index contributed by atoms with van der Waals surface area (Å²) in [6.07, 6.45) is 3.33. The maximum atomic E-state index is 12.6. The number of hydrogen-bond donors (Lipinski definition) is 1. The van der Waals surface area contributed by atoms with E-state index in [1.54, 1.807) is 0 Å². The summed E-state index contributed by atoms with van der Waals surface area (Å²) in [7, 11) is 0. The van der Waals surface area contributed by atoms with E-state index >= 15 is 0 Å². The van der Waals surface area contributed by atoms with Crippen molar-refractivity contribution in [2.75, 3.05) is 19.6 Å². The molecule has 1 fully saturated rings. The van der Waals surface area contributed by atoms with Crippen molar-refractivity contribution in [2.45, 2.75) is 44.0 Å². The van der Waals surface area contributed by atoms with Gasteiger partial charge in [0.2, 0.25) is 0 Å². The highest BCUT2D eigenvalue weighted by Crippen LogP contribution is 2.17. The maximum Gasteiger partial charge on any atom is 0.251 e. The molecule has 1 aliphatic heterocycles. The number of amides is 1. The molecule has 1 heterocycles. The van der Waals surface area contributed by atoms with Crippen molar-refractivity contribution in [1.82, 2.24) is 10.2 Å². The van der Waals surface area contributed by atoms with E-state index in [1.807, 2.05) is 18.2 Å². The molecule has 1 unspecified atom stereocenters. The molecule has 1 saturated heterocycles. The third-order valence-corrected chi connectivity index (χ3v) is 4.71. The van der Waals surface area contributed by atoms with Crippen LogP contribution in [0, 0.1) is 0 Å². The van der Waals surface area contributed by atoms with Gasteiger partial charge in [-0.25, -0.2) is 0 Å². The van der Waals surface area contributed by atoms with Crippen LogP contribution in [-0.4, -0.2) is 36.5 Å². The van der Waals surface area contributed by atoms with Gasteiger partial charge in [-0.3, -0.25) is 4.79 Å². The van der Waals surface area contributed by atoms with Gasteiger partial charge in [-0.15, -0.1) is 23.2 Å². The Bertz CT molecular complexity index is 503. The Balaban J connectivity index is 2.05. The largest absolute Gasteiger partial charge is 0.348 e. The molecule has 1 aliphatic rings. The Morgan fingerprint density at radius 2 is 2.09 bits per heavy atom. The molecule has 0 radical (unpaired) electrons. The van der Waals surface area contributed by atoms with Crippen LogP contribution >= 0.6 is 23.2 Å². The Hall–Kier alpha value is -0.770. The van der Waals surface area contributed by atoms with Gasteiger partial charge >= 0.3 is 0 Å². The number of carbonyl (C=O) groups excluding carboxylic acids is 1. The molecule has 1 aromatic carbocycles. The van der Waals surface area contributed by atoms with E-state index in [0.717, 1.165) is 43.6 Å². The van der Waals surface area contributed by atoms with Gasteiger partial charge in [0, 0.05) is 29.9 Å². The van der Waals surface area contributed by atoms with E-state index in [0.29, 0.717) is 17.3 Å². The Labute approximate surface area is 143 Å². The zero-order valence-electron chi connectivity index (χ0n) is 13.1. The smallest absolute Gasteiger partial charge is 0.251 e. The molecule has 5 heteroatoms. The molecule has 3 nitrogen and oxygen atoms in total. The second kappa shape index (κ2) is 8.76. The molecular formula is C17H24Cl2N2O. The van der Waals surface area contributed by atoms with Crippen LogP contribution in [0.3, 0.4) is 0 Å². The fraction of sp³-hybridized carbons (Fsp3) is 0.588. The minimum Gasteiger partial charge on any atom is -0.348 e. The van der Waals surface area contributed by atoms with E-state index in [2.05, 4.69) is 17.1 Å². The summed E-state index contributed by atoms with van der Waals surface area (Å²) >= 11 is 11.8. The first-order valence-electron chi connectivity index (χ1n) is 7.94. The standard InChI is InChI=1S/C17H24Cl2N2O/c1-2-4-15(12-21-7-3-8-21)20-17(22)16-6-5-13(10-18)9-14(16)11-19/h5-6,9,15H,2-4,7-8,10-12H2,1H3,(H,20,22). The van der Waals surface area contributed by atoms with E-state index in [9.17, 15) is 4.79 Å². The summed E-state index contributed by atoms with van der Waals surface area (Å²) < 4.78 is 0. The van der Waals surface area contributed by atoms with Crippen LogP contribution in [0.25, 0.3) is 0 Å². The summed E-state index contributed by atoms with van der Waals surface area (Å²) in [6, 6.07) is 5.84. The van der Waals surface area contributed by atoms with Gasteiger partial charge in [-0.1, -0.05) is 25.5 Å². The summed E-state index contributed by atoms with van der Waals surface area (Å²) in [6.45, 7) is 5.38. The quantitative estimate of drug-likeness (QED) is 0.729. The van der Waals surface area contributed by atoms with Gasteiger partial charge in [-0.2, -0.15) is 0 Å². The van der Waals surface area contributed by atoms with E-state index in [4.69, 9.17) is 23.2 Å². The Kier molecular flexibility index (Phi) is 7.00. The normalized spacial score (nSPS) is 16.1. The monoisotopic (exact) mass is 342 g/mol. The molecule has 22 heavy (non-hydrogen) atoms. The Morgan fingerprint density at radius 1 is 1.32 bits per heavy atom. The van der Waals surface area contributed by atoms with Crippen molar-refractivity contribution < 1.29 is 4.79 Å². The number of halogens is 2. The van der Waals surface area contributed by atoms with Crippen molar-refractivity contribution in [3.8, 4) is 0 Å². The lowest BCUT2D eigenvalue weighted by Crippen LogP contribution is -2.48. The van der Waals surface area contributed by atoms with Gasteiger partial charge in [-0.05, 0) is 43.1 Å². The van der Waals surface area contributed by atoms with Crippen LogP contribution in [0.4, 0.5) is 0 Å². The third-order valence-electron chi connectivity index (χ3n) is 4.11. The minimum absolute atomic E-state index is 0.0317. The lowest BCUT2D eigenvalue weighted by atomic mass is 10.0. The van der Waals surface area contributed by atoms with Crippen LogP contribution in [0.1, 0.15) is 47.7 Å². The average molecular weight is 343 g/mol. The highest BCUT2D eigenvalue weighted by Gasteiger charge is 2.21. The second-order valence-corrected chi connectivity index (χ2v) is 6.41. The fourth-order valence-corrected chi connectivity index (χ4v) is 3.15. The minimum atomic E-state index is -0.0317.